The van der Waals surface area contributed by atoms with Gasteiger partial charge in [-0.25, -0.2) is 4.79 Å². The number of rotatable bonds is 3. The van der Waals surface area contributed by atoms with Crippen molar-refractivity contribution in [2.45, 2.75) is 0 Å². The van der Waals surface area contributed by atoms with E-state index < -0.39 is 5.97 Å². The number of nitrogen functional groups attached to an aromatic ring is 1. The standard InChI is InChI=1S/C14H12Cl2N2O2/c1-20-14(19)9-6-8(17)7-11(16)13(9)18-12-5-3-2-4-10(12)15/h2-7,18H,17H2,1H3. The molecule has 2 rings (SSSR count). The zero-order chi connectivity index (χ0) is 14.7. The van der Waals surface area contributed by atoms with Gasteiger partial charge in [-0.05, 0) is 24.3 Å². The van der Waals surface area contributed by atoms with Gasteiger partial charge in [0.05, 0.1) is 34.1 Å². The quantitative estimate of drug-likeness (QED) is 0.661. The third-order valence-electron chi connectivity index (χ3n) is 2.65. The van der Waals surface area contributed by atoms with Crippen LogP contribution >= 0.6 is 23.2 Å². The fourth-order valence-corrected chi connectivity index (χ4v) is 2.18. The van der Waals surface area contributed by atoms with E-state index >= 15 is 0 Å². The molecule has 20 heavy (non-hydrogen) atoms. The van der Waals surface area contributed by atoms with Crippen molar-refractivity contribution in [2.24, 2.45) is 0 Å². The van der Waals surface area contributed by atoms with E-state index in [1.54, 1.807) is 24.3 Å². The van der Waals surface area contributed by atoms with Crippen molar-refractivity contribution in [1.82, 2.24) is 0 Å². The molecule has 0 radical (unpaired) electrons. The van der Waals surface area contributed by atoms with Crippen LogP contribution in [0.4, 0.5) is 17.1 Å². The summed E-state index contributed by atoms with van der Waals surface area (Å²) in [6, 6.07) is 10.2. The molecule has 0 bridgehead atoms. The van der Waals surface area contributed by atoms with Crippen LogP contribution < -0.4 is 11.1 Å². The van der Waals surface area contributed by atoms with Gasteiger partial charge >= 0.3 is 5.97 Å². The molecule has 3 N–H and O–H groups in total. The number of benzene rings is 2. The lowest BCUT2D eigenvalue weighted by Gasteiger charge is -2.14. The number of esters is 1. The maximum absolute atomic E-state index is 11.8. The van der Waals surface area contributed by atoms with Crippen LogP contribution in [0.5, 0.6) is 0 Å². The van der Waals surface area contributed by atoms with Gasteiger partial charge in [-0.1, -0.05) is 35.3 Å². The Morgan fingerprint density at radius 2 is 1.90 bits per heavy atom. The zero-order valence-corrected chi connectivity index (χ0v) is 12.1. The number of hydrogen-bond acceptors (Lipinski definition) is 4. The Balaban J connectivity index is 2.50. The fourth-order valence-electron chi connectivity index (χ4n) is 1.72. The summed E-state index contributed by atoms with van der Waals surface area (Å²) in [7, 11) is 1.29. The molecule has 104 valence electrons. The highest BCUT2D eigenvalue weighted by molar-refractivity contribution is 6.35. The maximum Gasteiger partial charge on any atom is 0.340 e. The summed E-state index contributed by atoms with van der Waals surface area (Å²) in [4.78, 5) is 11.8. The molecule has 6 heteroatoms. The number of ether oxygens (including phenoxy) is 1. The molecule has 0 aromatic heterocycles. The summed E-state index contributed by atoms with van der Waals surface area (Å²) in [5.41, 5.74) is 7.35. The molecule has 0 aliphatic carbocycles. The SMILES string of the molecule is COC(=O)c1cc(N)cc(Cl)c1Nc1ccccc1Cl. The molecule has 0 saturated heterocycles. The Labute approximate surface area is 126 Å². The van der Waals surface area contributed by atoms with Crippen molar-refractivity contribution in [1.29, 1.82) is 0 Å². The van der Waals surface area contributed by atoms with Crippen LogP contribution in [-0.4, -0.2) is 13.1 Å². The summed E-state index contributed by atoms with van der Waals surface area (Å²) in [6.45, 7) is 0. The van der Waals surface area contributed by atoms with Crippen LogP contribution in [0.25, 0.3) is 0 Å². The Kier molecular flexibility index (Phi) is 4.37. The molecule has 0 aliphatic heterocycles. The van der Waals surface area contributed by atoms with Crippen LogP contribution in [0.15, 0.2) is 36.4 Å². The van der Waals surface area contributed by atoms with E-state index in [1.165, 1.54) is 13.2 Å². The number of carbonyl (C=O) groups is 1. The van der Waals surface area contributed by atoms with E-state index in [2.05, 4.69) is 5.32 Å². The van der Waals surface area contributed by atoms with E-state index in [0.29, 0.717) is 27.1 Å². The van der Waals surface area contributed by atoms with Gasteiger partial charge in [-0.15, -0.1) is 0 Å². The first-order valence-corrected chi connectivity index (χ1v) is 6.47. The Morgan fingerprint density at radius 1 is 1.20 bits per heavy atom. The molecular formula is C14H12Cl2N2O2. The van der Waals surface area contributed by atoms with Crippen LogP contribution in [0.1, 0.15) is 10.4 Å². The van der Waals surface area contributed by atoms with Crippen LogP contribution in [0, 0.1) is 0 Å². The second-order valence-electron chi connectivity index (χ2n) is 4.02. The van der Waals surface area contributed by atoms with Gasteiger partial charge in [0.1, 0.15) is 0 Å². The molecule has 2 aromatic carbocycles. The average Bonchev–Trinajstić information content (AvgIpc) is 2.42. The molecule has 0 unspecified atom stereocenters. The van der Waals surface area contributed by atoms with E-state index in [4.69, 9.17) is 33.7 Å². The van der Waals surface area contributed by atoms with Crippen molar-refractivity contribution < 1.29 is 9.53 Å². The number of para-hydroxylation sites is 1. The van der Waals surface area contributed by atoms with E-state index in [0.717, 1.165) is 0 Å². The molecule has 0 saturated carbocycles. The summed E-state index contributed by atoms with van der Waals surface area (Å²) < 4.78 is 4.73. The van der Waals surface area contributed by atoms with E-state index in [9.17, 15) is 4.79 Å². The lowest BCUT2D eigenvalue weighted by Crippen LogP contribution is -2.07. The highest BCUT2D eigenvalue weighted by Gasteiger charge is 2.17. The monoisotopic (exact) mass is 310 g/mol. The molecule has 0 heterocycles. The smallest absolute Gasteiger partial charge is 0.340 e. The topological polar surface area (TPSA) is 64.3 Å². The number of methoxy groups -OCH3 is 1. The first-order valence-electron chi connectivity index (χ1n) is 5.72. The van der Waals surface area contributed by atoms with E-state index in [1.807, 2.05) is 6.07 Å². The lowest BCUT2D eigenvalue weighted by molar-refractivity contribution is 0.0602. The van der Waals surface area contributed by atoms with Crippen LogP contribution in [-0.2, 0) is 4.74 Å². The van der Waals surface area contributed by atoms with E-state index in [-0.39, 0.29) is 5.56 Å². The van der Waals surface area contributed by atoms with Crippen LogP contribution in [0.3, 0.4) is 0 Å². The predicted molar refractivity (Wildman–Crippen MR) is 81.9 cm³/mol. The second-order valence-corrected chi connectivity index (χ2v) is 4.84. The maximum atomic E-state index is 11.8. The Hall–Kier alpha value is -1.91. The number of nitrogens with two attached hydrogens (primary N) is 1. The molecular weight excluding hydrogens is 299 g/mol. The number of carbonyl (C=O) groups excluding carboxylic acids is 1. The molecule has 0 spiro atoms. The number of nitrogens with one attached hydrogen (secondary N) is 1. The zero-order valence-electron chi connectivity index (χ0n) is 10.6. The minimum Gasteiger partial charge on any atom is -0.465 e. The summed E-state index contributed by atoms with van der Waals surface area (Å²) in [5, 5.41) is 3.85. The molecule has 0 amide bonds. The molecule has 0 atom stereocenters. The third-order valence-corrected chi connectivity index (χ3v) is 3.28. The highest BCUT2D eigenvalue weighted by Crippen LogP contribution is 2.34. The van der Waals surface area contributed by atoms with Gasteiger partial charge in [-0.3, -0.25) is 0 Å². The summed E-state index contributed by atoms with van der Waals surface area (Å²) in [6.07, 6.45) is 0. The Morgan fingerprint density at radius 3 is 2.55 bits per heavy atom. The largest absolute Gasteiger partial charge is 0.465 e. The van der Waals surface area contributed by atoms with Gasteiger partial charge in [0, 0.05) is 5.69 Å². The van der Waals surface area contributed by atoms with Gasteiger partial charge in [0.15, 0.2) is 0 Å². The van der Waals surface area contributed by atoms with Gasteiger partial charge in [0.2, 0.25) is 0 Å². The summed E-state index contributed by atoms with van der Waals surface area (Å²) >= 11 is 12.2. The van der Waals surface area contributed by atoms with Crippen LogP contribution in [0.2, 0.25) is 10.0 Å². The normalized spacial score (nSPS) is 10.2. The number of halogens is 2. The van der Waals surface area contributed by atoms with Gasteiger partial charge in [0.25, 0.3) is 0 Å². The Bertz CT molecular complexity index is 660. The van der Waals surface area contributed by atoms with Crippen molar-refractivity contribution in [2.75, 3.05) is 18.2 Å². The van der Waals surface area contributed by atoms with Crippen molar-refractivity contribution in [3.05, 3.63) is 52.0 Å². The predicted octanol–water partition coefficient (Wildman–Crippen LogP) is 4.11. The molecule has 0 fully saturated rings. The second kappa shape index (κ2) is 6.03. The highest BCUT2D eigenvalue weighted by atomic mass is 35.5. The first kappa shape index (κ1) is 14.5. The first-order chi connectivity index (χ1) is 9.52. The molecule has 0 aliphatic rings. The number of hydrogen-bond donors (Lipinski definition) is 2. The lowest BCUT2D eigenvalue weighted by atomic mass is 10.1. The van der Waals surface area contributed by atoms with Crippen molar-refractivity contribution >= 4 is 46.2 Å². The van der Waals surface area contributed by atoms with Crippen molar-refractivity contribution in [3.63, 3.8) is 0 Å². The minimum absolute atomic E-state index is 0.248. The molecule has 4 nitrogen and oxygen atoms in total. The third kappa shape index (κ3) is 2.98. The minimum atomic E-state index is -0.534. The summed E-state index contributed by atoms with van der Waals surface area (Å²) in [5.74, 6) is -0.534. The van der Waals surface area contributed by atoms with Crippen molar-refractivity contribution in [3.8, 4) is 0 Å². The number of anilines is 3. The fraction of sp³-hybridized carbons (Fsp3) is 0.0714. The van der Waals surface area contributed by atoms with Gasteiger partial charge < -0.3 is 15.8 Å². The molecule has 2 aromatic rings. The van der Waals surface area contributed by atoms with Gasteiger partial charge in [-0.2, -0.15) is 0 Å². The average molecular weight is 311 g/mol.